The van der Waals surface area contributed by atoms with Gasteiger partial charge in [-0.25, -0.2) is 0 Å². The van der Waals surface area contributed by atoms with Crippen LogP contribution in [0.15, 0.2) is 35.5 Å². The van der Waals surface area contributed by atoms with Crippen LogP contribution in [0.5, 0.6) is 0 Å². The zero-order valence-electron chi connectivity index (χ0n) is 10.8. The Morgan fingerprint density at radius 2 is 1.22 bits per heavy atom. The SMILES string of the molecule is CC1=CC[C@H]2C=C[C@@H]3CC=C(C)C(=O)[C@H]3[C@H]2C1=O. The molecule has 0 aromatic heterocycles. The van der Waals surface area contributed by atoms with E-state index in [1.54, 1.807) is 0 Å². The van der Waals surface area contributed by atoms with E-state index in [1.807, 2.05) is 26.0 Å². The van der Waals surface area contributed by atoms with E-state index in [2.05, 4.69) is 12.2 Å². The Morgan fingerprint density at radius 1 is 0.833 bits per heavy atom. The van der Waals surface area contributed by atoms with E-state index in [0.717, 1.165) is 24.0 Å². The molecule has 18 heavy (non-hydrogen) atoms. The Balaban J connectivity index is 2.04. The molecule has 3 aliphatic carbocycles. The van der Waals surface area contributed by atoms with Crippen molar-refractivity contribution in [2.75, 3.05) is 0 Å². The van der Waals surface area contributed by atoms with Gasteiger partial charge in [-0.3, -0.25) is 9.59 Å². The summed E-state index contributed by atoms with van der Waals surface area (Å²) in [7, 11) is 0. The van der Waals surface area contributed by atoms with E-state index in [9.17, 15) is 9.59 Å². The van der Waals surface area contributed by atoms with E-state index in [-0.39, 0.29) is 35.2 Å². The fourth-order valence-electron chi connectivity index (χ4n) is 3.58. The number of rotatable bonds is 0. The van der Waals surface area contributed by atoms with Crippen molar-refractivity contribution < 1.29 is 9.59 Å². The van der Waals surface area contributed by atoms with Gasteiger partial charge in [0.05, 0.1) is 0 Å². The highest BCUT2D eigenvalue weighted by molar-refractivity contribution is 6.05. The molecule has 0 bridgehead atoms. The van der Waals surface area contributed by atoms with Crippen molar-refractivity contribution in [1.82, 2.24) is 0 Å². The smallest absolute Gasteiger partial charge is 0.162 e. The summed E-state index contributed by atoms with van der Waals surface area (Å²) in [4.78, 5) is 24.8. The molecule has 4 atom stereocenters. The maximum Gasteiger partial charge on any atom is 0.162 e. The summed E-state index contributed by atoms with van der Waals surface area (Å²) in [5.74, 6) is 0.624. The van der Waals surface area contributed by atoms with Crippen LogP contribution in [0.3, 0.4) is 0 Å². The van der Waals surface area contributed by atoms with Crippen LogP contribution in [0, 0.1) is 23.7 Å². The molecule has 2 heteroatoms. The molecule has 0 radical (unpaired) electrons. The maximum atomic E-state index is 12.4. The van der Waals surface area contributed by atoms with E-state index in [4.69, 9.17) is 0 Å². The van der Waals surface area contributed by atoms with Crippen molar-refractivity contribution in [2.45, 2.75) is 26.7 Å². The highest BCUT2D eigenvalue weighted by Gasteiger charge is 2.46. The predicted molar refractivity (Wildman–Crippen MR) is 69.9 cm³/mol. The lowest BCUT2D eigenvalue weighted by Crippen LogP contribution is -2.44. The van der Waals surface area contributed by atoms with Gasteiger partial charge in [0.15, 0.2) is 11.6 Å². The number of carbonyl (C=O) groups is 2. The topological polar surface area (TPSA) is 34.1 Å². The summed E-state index contributed by atoms with van der Waals surface area (Å²) in [6, 6.07) is 0. The zero-order valence-corrected chi connectivity index (χ0v) is 10.8. The molecule has 0 heterocycles. The quantitative estimate of drug-likeness (QED) is 0.612. The van der Waals surface area contributed by atoms with Crippen molar-refractivity contribution in [1.29, 1.82) is 0 Å². The van der Waals surface area contributed by atoms with Gasteiger partial charge >= 0.3 is 0 Å². The maximum absolute atomic E-state index is 12.4. The van der Waals surface area contributed by atoms with Crippen LogP contribution in [0.2, 0.25) is 0 Å². The van der Waals surface area contributed by atoms with Crippen LogP contribution in [0.25, 0.3) is 0 Å². The second kappa shape index (κ2) is 4.04. The molecule has 0 unspecified atom stereocenters. The third-order valence-corrected chi connectivity index (χ3v) is 4.69. The van der Waals surface area contributed by atoms with E-state index < -0.39 is 0 Å². The van der Waals surface area contributed by atoms with Gasteiger partial charge in [0.1, 0.15) is 0 Å². The summed E-state index contributed by atoms with van der Waals surface area (Å²) < 4.78 is 0. The van der Waals surface area contributed by atoms with Crippen molar-refractivity contribution in [3.63, 3.8) is 0 Å². The Labute approximate surface area is 107 Å². The first kappa shape index (κ1) is 11.6. The largest absolute Gasteiger partial charge is 0.294 e. The van der Waals surface area contributed by atoms with Gasteiger partial charge in [-0.05, 0) is 49.7 Å². The number of hydrogen-bond donors (Lipinski definition) is 0. The molecule has 0 aliphatic heterocycles. The highest BCUT2D eigenvalue weighted by Crippen LogP contribution is 2.45. The standard InChI is InChI=1S/C16H18O2/c1-9-3-5-11-7-8-12-6-4-10(2)16(18)14(12)13(11)15(9)17/h3-4,7-8,11-14H,5-6H2,1-2H3/t11-,12-,13-,14+/m0/s1. The van der Waals surface area contributed by atoms with E-state index in [1.165, 1.54) is 0 Å². The molecule has 94 valence electrons. The van der Waals surface area contributed by atoms with Crippen molar-refractivity contribution >= 4 is 11.6 Å². The van der Waals surface area contributed by atoms with Gasteiger partial charge in [0, 0.05) is 11.8 Å². The molecule has 2 nitrogen and oxygen atoms in total. The first-order valence-corrected chi connectivity index (χ1v) is 6.70. The number of ketones is 2. The van der Waals surface area contributed by atoms with Crippen LogP contribution in [-0.4, -0.2) is 11.6 Å². The molecule has 0 spiro atoms. The van der Waals surface area contributed by atoms with Gasteiger partial charge in [0.25, 0.3) is 0 Å². The molecule has 0 fully saturated rings. The molecule has 0 aromatic rings. The van der Waals surface area contributed by atoms with Crippen LogP contribution in [0.1, 0.15) is 26.7 Å². The lowest BCUT2D eigenvalue weighted by atomic mass is 9.60. The predicted octanol–water partition coefficient (Wildman–Crippen LogP) is 2.86. The molecule has 3 aliphatic rings. The Morgan fingerprint density at radius 3 is 1.61 bits per heavy atom. The van der Waals surface area contributed by atoms with Crippen molar-refractivity contribution in [3.8, 4) is 0 Å². The molecule has 3 rings (SSSR count). The van der Waals surface area contributed by atoms with Gasteiger partial charge in [-0.2, -0.15) is 0 Å². The van der Waals surface area contributed by atoms with Crippen LogP contribution >= 0.6 is 0 Å². The average molecular weight is 242 g/mol. The van der Waals surface area contributed by atoms with Crippen molar-refractivity contribution in [3.05, 3.63) is 35.5 Å². The number of Topliss-reactive ketones (excluding diaryl/α,β-unsaturated/α-hetero) is 2. The monoisotopic (exact) mass is 242 g/mol. The van der Waals surface area contributed by atoms with Crippen LogP contribution in [-0.2, 0) is 9.59 Å². The zero-order chi connectivity index (χ0) is 12.9. The highest BCUT2D eigenvalue weighted by atomic mass is 16.1. The fraction of sp³-hybridized carbons (Fsp3) is 0.500. The van der Waals surface area contributed by atoms with Crippen LogP contribution < -0.4 is 0 Å². The Bertz CT molecular complexity index is 461. The number of carbonyl (C=O) groups excluding carboxylic acids is 2. The fourth-order valence-corrected chi connectivity index (χ4v) is 3.58. The number of hydrogen-bond acceptors (Lipinski definition) is 2. The third-order valence-electron chi connectivity index (χ3n) is 4.69. The lowest BCUT2D eigenvalue weighted by molar-refractivity contribution is -0.132. The van der Waals surface area contributed by atoms with Gasteiger partial charge in [0.2, 0.25) is 0 Å². The minimum Gasteiger partial charge on any atom is -0.294 e. The molecule has 0 amide bonds. The summed E-state index contributed by atoms with van der Waals surface area (Å²) >= 11 is 0. The second-order valence-corrected chi connectivity index (χ2v) is 5.74. The van der Waals surface area contributed by atoms with Gasteiger partial charge in [-0.15, -0.1) is 0 Å². The first-order chi connectivity index (χ1) is 8.59. The second-order valence-electron chi connectivity index (χ2n) is 5.74. The summed E-state index contributed by atoms with van der Waals surface area (Å²) in [5.41, 5.74) is 1.68. The molecule has 0 aromatic carbocycles. The minimum atomic E-state index is -0.110. The number of allylic oxidation sites excluding steroid dienone is 6. The normalized spacial score (nSPS) is 38.8. The molecule has 0 saturated carbocycles. The first-order valence-electron chi connectivity index (χ1n) is 6.70. The minimum absolute atomic E-state index is 0.110. The van der Waals surface area contributed by atoms with Crippen molar-refractivity contribution in [2.24, 2.45) is 23.7 Å². The summed E-state index contributed by atoms with van der Waals surface area (Å²) in [5, 5.41) is 0. The Hall–Kier alpha value is -1.44. The third kappa shape index (κ3) is 1.55. The molecular weight excluding hydrogens is 224 g/mol. The lowest BCUT2D eigenvalue weighted by Gasteiger charge is -2.41. The summed E-state index contributed by atoms with van der Waals surface area (Å²) in [6.07, 6.45) is 10.2. The molecular formula is C16H18O2. The average Bonchev–Trinajstić information content (AvgIpc) is 2.38. The van der Waals surface area contributed by atoms with Gasteiger partial charge < -0.3 is 0 Å². The van der Waals surface area contributed by atoms with E-state index in [0.29, 0.717) is 0 Å². The summed E-state index contributed by atoms with van der Waals surface area (Å²) in [6.45, 7) is 3.75. The molecule has 0 saturated heterocycles. The van der Waals surface area contributed by atoms with Gasteiger partial charge in [-0.1, -0.05) is 24.3 Å². The van der Waals surface area contributed by atoms with E-state index >= 15 is 0 Å². The number of fused-ring (bicyclic) bond motifs is 3. The molecule has 0 N–H and O–H groups in total. The van der Waals surface area contributed by atoms with Crippen LogP contribution in [0.4, 0.5) is 0 Å². The Kier molecular flexibility index (Phi) is 2.61.